The van der Waals surface area contributed by atoms with E-state index in [1.165, 1.54) is 68.4 Å². The molecule has 2 heterocycles. The fraction of sp³-hybridized carbons (Fsp3) is 0.706. The summed E-state index contributed by atoms with van der Waals surface area (Å²) < 4.78 is 0. The quantitative estimate of drug-likeness (QED) is 0.851. The molecule has 1 N–H and O–H groups in total. The smallest absolute Gasteiger partial charge is 0.129 e. The van der Waals surface area contributed by atoms with Crippen molar-refractivity contribution < 1.29 is 0 Å². The van der Waals surface area contributed by atoms with E-state index in [-0.39, 0.29) is 0 Å². The van der Waals surface area contributed by atoms with Crippen LogP contribution in [0.4, 0.5) is 5.82 Å². The third kappa shape index (κ3) is 2.03. The maximum Gasteiger partial charge on any atom is 0.129 e. The zero-order valence-corrected chi connectivity index (χ0v) is 12.3. The van der Waals surface area contributed by atoms with Crippen molar-refractivity contribution in [3.05, 3.63) is 23.4 Å². The van der Waals surface area contributed by atoms with Crippen LogP contribution in [0, 0.1) is 0 Å². The SMILES string of the molecule is c1cc2c(nc1N1CCNCC13CCCCC3)CCC2. The van der Waals surface area contributed by atoms with Crippen molar-refractivity contribution in [3.8, 4) is 0 Å². The summed E-state index contributed by atoms with van der Waals surface area (Å²) >= 11 is 0. The molecule has 1 aliphatic heterocycles. The molecule has 1 aromatic heterocycles. The highest BCUT2D eigenvalue weighted by atomic mass is 15.3. The van der Waals surface area contributed by atoms with Crippen molar-refractivity contribution in [3.63, 3.8) is 0 Å². The summed E-state index contributed by atoms with van der Waals surface area (Å²) in [6.07, 6.45) is 10.5. The van der Waals surface area contributed by atoms with Crippen LogP contribution < -0.4 is 10.2 Å². The number of piperazine rings is 1. The lowest BCUT2D eigenvalue weighted by Crippen LogP contribution is -2.62. The Labute approximate surface area is 121 Å². The zero-order chi connectivity index (χ0) is 13.4. The lowest BCUT2D eigenvalue weighted by molar-refractivity contribution is 0.239. The van der Waals surface area contributed by atoms with Crippen molar-refractivity contribution in [2.24, 2.45) is 0 Å². The molecular formula is C17H25N3. The molecule has 0 unspecified atom stereocenters. The third-order valence-corrected chi connectivity index (χ3v) is 5.51. The van der Waals surface area contributed by atoms with Crippen LogP contribution in [-0.2, 0) is 12.8 Å². The monoisotopic (exact) mass is 271 g/mol. The van der Waals surface area contributed by atoms with Crippen molar-refractivity contribution >= 4 is 5.82 Å². The third-order valence-electron chi connectivity index (χ3n) is 5.51. The normalized spacial score (nSPS) is 24.9. The summed E-state index contributed by atoms with van der Waals surface area (Å²) in [7, 11) is 0. The second-order valence-electron chi connectivity index (χ2n) is 6.74. The summed E-state index contributed by atoms with van der Waals surface area (Å²) in [5.74, 6) is 1.24. The number of nitrogens with one attached hydrogen (secondary N) is 1. The first-order chi connectivity index (χ1) is 9.87. The van der Waals surface area contributed by atoms with Gasteiger partial charge in [-0.2, -0.15) is 0 Å². The van der Waals surface area contributed by atoms with Gasteiger partial charge < -0.3 is 10.2 Å². The molecular weight excluding hydrogens is 246 g/mol. The lowest BCUT2D eigenvalue weighted by atomic mass is 9.79. The van der Waals surface area contributed by atoms with Gasteiger partial charge in [-0.05, 0) is 43.7 Å². The Hall–Kier alpha value is -1.09. The number of anilines is 1. The van der Waals surface area contributed by atoms with E-state index in [0.29, 0.717) is 5.54 Å². The molecule has 2 fully saturated rings. The number of nitrogens with zero attached hydrogens (tertiary/aromatic N) is 2. The van der Waals surface area contributed by atoms with Gasteiger partial charge in [-0.3, -0.25) is 0 Å². The number of fused-ring (bicyclic) bond motifs is 1. The van der Waals surface area contributed by atoms with Gasteiger partial charge in [0.25, 0.3) is 0 Å². The second-order valence-corrected chi connectivity index (χ2v) is 6.74. The highest BCUT2D eigenvalue weighted by Gasteiger charge is 2.40. The van der Waals surface area contributed by atoms with Crippen molar-refractivity contribution in [2.45, 2.75) is 56.9 Å². The van der Waals surface area contributed by atoms with Crippen LogP contribution >= 0.6 is 0 Å². The Bertz CT molecular complexity index is 483. The van der Waals surface area contributed by atoms with Crippen molar-refractivity contribution in [1.29, 1.82) is 0 Å². The molecule has 0 radical (unpaired) electrons. The number of aryl methyl sites for hydroxylation is 2. The average molecular weight is 271 g/mol. The van der Waals surface area contributed by atoms with Crippen molar-refractivity contribution in [1.82, 2.24) is 10.3 Å². The van der Waals surface area contributed by atoms with Crippen LogP contribution in [0.2, 0.25) is 0 Å². The summed E-state index contributed by atoms with van der Waals surface area (Å²) in [5, 5.41) is 3.63. The largest absolute Gasteiger partial charge is 0.348 e. The first-order valence-corrected chi connectivity index (χ1v) is 8.35. The van der Waals surface area contributed by atoms with Gasteiger partial charge in [0, 0.05) is 25.3 Å². The van der Waals surface area contributed by atoms with Crippen LogP contribution in [0.1, 0.15) is 49.8 Å². The Morgan fingerprint density at radius 1 is 1.05 bits per heavy atom. The first kappa shape index (κ1) is 12.6. The molecule has 1 spiro atoms. The minimum Gasteiger partial charge on any atom is -0.348 e. The molecule has 1 saturated heterocycles. The molecule has 3 aliphatic rings. The molecule has 1 saturated carbocycles. The second kappa shape index (κ2) is 5.03. The van der Waals surface area contributed by atoms with Crippen LogP contribution in [0.25, 0.3) is 0 Å². The molecule has 108 valence electrons. The fourth-order valence-corrected chi connectivity index (χ4v) is 4.42. The molecule has 1 aromatic rings. The van der Waals surface area contributed by atoms with Gasteiger partial charge in [-0.1, -0.05) is 25.3 Å². The van der Waals surface area contributed by atoms with E-state index in [2.05, 4.69) is 22.3 Å². The maximum atomic E-state index is 5.02. The minimum atomic E-state index is 0.344. The lowest BCUT2D eigenvalue weighted by Gasteiger charge is -2.50. The van der Waals surface area contributed by atoms with E-state index >= 15 is 0 Å². The Kier molecular flexibility index (Phi) is 3.18. The number of rotatable bonds is 1. The summed E-state index contributed by atoms with van der Waals surface area (Å²) in [6.45, 7) is 3.36. The summed E-state index contributed by atoms with van der Waals surface area (Å²) in [6, 6.07) is 4.62. The molecule has 20 heavy (non-hydrogen) atoms. The molecule has 2 aliphatic carbocycles. The molecule has 3 nitrogen and oxygen atoms in total. The zero-order valence-electron chi connectivity index (χ0n) is 12.3. The molecule has 0 aromatic carbocycles. The van der Waals surface area contributed by atoms with E-state index in [0.717, 1.165) is 19.6 Å². The van der Waals surface area contributed by atoms with E-state index in [1.54, 1.807) is 0 Å². The highest BCUT2D eigenvalue weighted by molar-refractivity contribution is 5.47. The van der Waals surface area contributed by atoms with E-state index in [9.17, 15) is 0 Å². The van der Waals surface area contributed by atoms with Gasteiger partial charge in [0.2, 0.25) is 0 Å². The Morgan fingerprint density at radius 3 is 2.85 bits per heavy atom. The van der Waals surface area contributed by atoms with Crippen molar-refractivity contribution in [2.75, 3.05) is 24.5 Å². The average Bonchev–Trinajstić information content (AvgIpc) is 2.96. The van der Waals surface area contributed by atoms with Crippen LogP contribution in [-0.4, -0.2) is 30.2 Å². The Morgan fingerprint density at radius 2 is 1.95 bits per heavy atom. The number of hydrogen-bond acceptors (Lipinski definition) is 3. The van der Waals surface area contributed by atoms with E-state index in [4.69, 9.17) is 4.98 Å². The predicted octanol–water partition coefficient (Wildman–Crippen LogP) is 2.68. The van der Waals surface area contributed by atoms with Gasteiger partial charge in [0.05, 0.1) is 5.54 Å². The minimum absolute atomic E-state index is 0.344. The van der Waals surface area contributed by atoms with E-state index in [1.807, 2.05) is 0 Å². The summed E-state index contributed by atoms with van der Waals surface area (Å²) in [4.78, 5) is 7.66. The van der Waals surface area contributed by atoms with Gasteiger partial charge in [-0.15, -0.1) is 0 Å². The number of pyridine rings is 1. The molecule has 0 bridgehead atoms. The Balaban J connectivity index is 1.67. The summed E-state index contributed by atoms with van der Waals surface area (Å²) in [5.41, 5.74) is 3.20. The van der Waals surface area contributed by atoms with Gasteiger partial charge >= 0.3 is 0 Å². The molecule has 0 amide bonds. The topological polar surface area (TPSA) is 28.2 Å². The predicted molar refractivity (Wildman–Crippen MR) is 82.3 cm³/mol. The van der Waals surface area contributed by atoms with Gasteiger partial charge in [0.1, 0.15) is 5.82 Å². The van der Waals surface area contributed by atoms with Gasteiger partial charge in [0.15, 0.2) is 0 Å². The number of hydrogen-bond donors (Lipinski definition) is 1. The molecule has 0 atom stereocenters. The molecule has 4 rings (SSSR count). The van der Waals surface area contributed by atoms with Gasteiger partial charge in [-0.25, -0.2) is 4.98 Å². The standard InChI is InChI=1S/C17H25N3/c1-2-9-17(10-3-1)13-18-11-12-20(17)16-8-7-14-5-4-6-15(14)19-16/h7-8,18H,1-6,9-13H2. The van der Waals surface area contributed by atoms with Crippen LogP contribution in [0.5, 0.6) is 0 Å². The fourth-order valence-electron chi connectivity index (χ4n) is 4.42. The highest BCUT2D eigenvalue weighted by Crippen LogP contribution is 2.37. The first-order valence-electron chi connectivity index (χ1n) is 8.35. The number of aromatic nitrogens is 1. The van der Waals surface area contributed by atoms with E-state index < -0.39 is 0 Å². The molecule has 3 heteroatoms. The van der Waals surface area contributed by atoms with Crippen LogP contribution in [0.3, 0.4) is 0 Å². The van der Waals surface area contributed by atoms with Crippen LogP contribution in [0.15, 0.2) is 12.1 Å². The maximum absolute atomic E-state index is 5.02.